The number of anilines is 1. The van der Waals surface area contributed by atoms with Gasteiger partial charge in [-0.05, 0) is 55.5 Å². The zero-order chi connectivity index (χ0) is 22.4. The highest BCUT2D eigenvalue weighted by Gasteiger charge is 2.43. The van der Waals surface area contributed by atoms with Gasteiger partial charge in [0.15, 0.2) is 0 Å². The van der Waals surface area contributed by atoms with Crippen LogP contribution in [0.5, 0.6) is 0 Å². The predicted molar refractivity (Wildman–Crippen MR) is 137 cm³/mol. The van der Waals surface area contributed by atoms with Crippen LogP contribution in [0.2, 0.25) is 0 Å². The van der Waals surface area contributed by atoms with Gasteiger partial charge in [0.2, 0.25) is 0 Å². The minimum absolute atomic E-state index is 0.448. The Hall–Kier alpha value is -3.68. The molecule has 0 bridgehead atoms. The van der Waals surface area contributed by atoms with Crippen molar-refractivity contribution in [3.63, 3.8) is 0 Å². The largest absolute Gasteiger partial charge is 0.366 e. The van der Waals surface area contributed by atoms with Crippen molar-refractivity contribution in [1.29, 1.82) is 0 Å². The van der Waals surface area contributed by atoms with Crippen LogP contribution in [0.3, 0.4) is 0 Å². The fourth-order valence-electron chi connectivity index (χ4n) is 4.00. The molecule has 4 heteroatoms. The van der Waals surface area contributed by atoms with E-state index in [-0.39, 0.29) is 0 Å². The Morgan fingerprint density at radius 2 is 1.09 bits per heavy atom. The molecule has 0 aromatic heterocycles. The van der Waals surface area contributed by atoms with Crippen LogP contribution in [-0.4, -0.2) is 5.91 Å². The molecule has 0 atom stereocenters. The fourth-order valence-corrected chi connectivity index (χ4v) is 7.92. The van der Waals surface area contributed by atoms with Gasteiger partial charge in [-0.25, -0.2) is 0 Å². The van der Waals surface area contributed by atoms with E-state index < -0.39 is 13.2 Å². The average molecular weight is 438 g/mol. The lowest BCUT2D eigenvalue weighted by molar-refractivity contribution is 0.100. The van der Waals surface area contributed by atoms with Crippen LogP contribution < -0.4 is 27.0 Å². The third kappa shape index (κ3) is 4.34. The molecule has 1 amide bonds. The lowest BCUT2D eigenvalue weighted by Gasteiger charge is -2.25. The van der Waals surface area contributed by atoms with E-state index in [1.165, 1.54) is 15.9 Å². The van der Waals surface area contributed by atoms with Gasteiger partial charge in [-0.15, -0.1) is 0 Å². The highest BCUT2D eigenvalue weighted by Crippen LogP contribution is 2.57. The topological polar surface area (TPSA) is 55.1 Å². The summed E-state index contributed by atoms with van der Waals surface area (Å²) in [5, 5.41) is 7.24. The molecule has 3 N–H and O–H groups in total. The second kappa shape index (κ2) is 9.64. The molecular formula is C28H26N2OP+. The van der Waals surface area contributed by atoms with Crippen LogP contribution in [0.4, 0.5) is 5.69 Å². The number of allylic oxidation sites excluding steroid dienone is 1. The molecule has 3 nitrogen and oxygen atoms in total. The van der Waals surface area contributed by atoms with Gasteiger partial charge >= 0.3 is 0 Å². The monoisotopic (exact) mass is 437 g/mol. The number of hydrogen-bond donors (Lipinski definition) is 2. The van der Waals surface area contributed by atoms with Crippen LogP contribution in [0.15, 0.2) is 127 Å². The predicted octanol–water partition coefficient (Wildman–Crippen LogP) is 5.05. The second-order valence-corrected chi connectivity index (χ2v) is 10.8. The van der Waals surface area contributed by atoms with Crippen molar-refractivity contribution < 1.29 is 4.79 Å². The van der Waals surface area contributed by atoms with E-state index in [9.17, 15) is 4.79 Å². The first-order chi connectivity index (χ1) is 15.6. The molecule has 4 rings (SSSR count). The Kier molecular flexibility index (Phi) is 6.49. The molecule has 0 saturated carbocycles. The number of amides is 1. The third-order valence-electron chi connectivity index (χ3n) is 5.40. The van der Waals surface area contributed by atoms with Crippen molar-refractivity contribution in [2.24, 2.45) is 5.73 Å². The number of nitrogens with two attached hydrogens (primary N) is 1. The molecule has 4 aromatic rings. The van der Waals surface area contributed by atoms with E-state index in [1.807, 2.05) is 43.3 Å². The number of para-hydroxylation sites is 1. The summed E-state index contributed by atoms with van der Waals surface area (Å²) in [6, 6.07) is 39.3. The summed E-state index contributed by atoms with van der Waals surface area (Å²) >= 11 is 0. The van der Waals surface area contributed by atoms with Gasteiger partial charge in [-0.1, -0.05) is 66.7 Å². The quantitative estimate of drug-likeness (QED) is 0.398. The maximum atomic E-state index is 11.9. The zero-order valence-corrected chi connectivity index (χ0v) is 18.9. The van der Waals surface area contributed by atoms with Crippen molar-refractivity contribution in [3.05, 3.63) is 132 Å². The Morgan fingerprint density at radius 1 is 0.688 bits per heavy atom. The maximum absolute atomic E-state index is 11.9. The zero-order valence-electron chi connectivity index (χ0n) is 18.0. The first-order valence-corrected chi connectivity index (χ1v) is 12.4. The van der Waals surface area contributed by atoms with Crippen molar-refractivity contribution >= 4 is 34.8 Å². The molecule has 0 aliphatic carbocycles. The van der Waals surface area contributed by atoms with Crippen LogP contribution in [0.25, 0.3) is 0 Å². The smallest absolute Gasteiger partial charge is 0.250 e. The molecule has 0 unspecified atom stereocenters. The molecule has 32 heavy (non-hydrogen) atoms. The molecular weight excluding hydrogens is 411 g/mol. The Balaban J connectivity index is 1.93. The van der Waals surface area contributed by atoms with Gasteiger partial charge in [-0.2, -0.15) is 0 Å². The SMILES string of the molecule is C/C(=C\[P+](c1ccccc1)(c1ccccc1)c1ccccc1)Nc1ccccc1C(N)=O. The molecule has 0 aliphatic rings. The van der Waals surface area contributed by atoms with Gasteiger partial charge in [0.1, 0.15) is 23.2 Å². The number of benzene rings is 4. The van der Waals surface area contributed by atoms with Crippen LogP contribution in [0, 0.1) is 0 Å². The van der Waals surface area contributed by atoms with Gasteiger partial charge in [0, 0.05) is 5.70 Å². The molecule has 0 radical (unpaired) electrons. The Bertz CT molecular complexity index is 1130. The lowest BCUT2D eigenvalue weighted by atomic mass is 10.1. The Labute approximate surface area is 190 Å². The highest BCUT2D eigenvalue weighted by atomic mass is 31.2. The van der Waals surface area contributed by atoms with Crippen LogP contribution >= 0.6 is 7.26 Å². The number of rotatable bonds is 7. The minimum atomic E-state index is -2.13. The van der Waals surface area contributed by atoms with Crippen LogP contribution in [-0.2, 0) is 0 Å². The van der Waals surface area contributed by atoms with Crippen molar-refractivity contribution in [2.75, 3.05) is 5.32 Å². The van der Waals surface area contributed by atoms with E-state index in [2.05, 4.69) is 83.9 Å². The van der Waals surface area contributed by atoms with Gasteiger partial charge in [0.05, 0.1) is 17.1 Å². The van der Waals surface area contributed by atoms with Gasteiger partial charge in [-0.3, -0.25) is 4.79 Å². The average Bonchev–Trinajstić information content (AvgIpc) is 2.84. The van der Waals surface area contributed by atoms with E-state index in [4.69, 9.17) is 5.73 Å². The summed E-state index contributed by atoms with van der Waals surface area (Å²) in [5.41, 5.74) is 7.75. The minimum Gasteiger partial charge on any atom is -0.366 e. The first-order valence-electron chi connectivity index (χ1n) is 10.5. The summed E-state index contributed by atoms with van der Waals surface area (Å²) < 4.78 is 0. The van der Waals surface area contributed by atoms with Crippen molar-refractivity contribution in [2.45, 2.75) is 6.92 Å². The molecule has 158 valence electrons. The van der Waals surface area contributed by atoms with Gasteiger partial charge in [0.25, 0.3) is 5.91 Å². The second-order valence-electron chi connectivity index (χ2n) is 7.58. The maximum Gasteiger partial charge on any atom is 0.250 e. The van der Waals surface area contributed by atoms with Crippen molar-refractivity contribution in [3.8, 4) is 0 Å². The molecule has 0 heterocycles. The van der Waals surface area contributed by atoms with E-state index >= 15 is 0 Å². The molecule has 0 saturated heterocycles. The normalized spacial score (nSPS) is 11.7. The molecule has 0 fully saturated rings. The summed E-state index contributed by atoms with van der Waals surface area (Å²) in [6.07, 6.45) is 0. The highest BCUT2D eigenvalue weighted by molar-refractivity contribution is 7.98. The molecule has 4 aromatic carbocycles. The van der Waals surface area contributed by atoms with E-state index in [0.29, 0.717) is 11.3 Å². The fraction of sp³-hybridized carbons (Fsp3) is 0.0357. The number of hydrogen-bond acceptors (Lipinski definition) is 2. The van der Waals surface area contributed by atoms with E-state index in [0.717, 1.165) is 5.70 Å². The molecule has 0 spiro atoms. The third-order valence-corrected chi connectivity index (χ3v) is 9.51. The number of nitrogens with one attached hydrogen (secondary N) is 1. The standard InChI is InChI=1S/C28H25N2OP/c1-22(30-27-20-12-11-19-26(27)28(29)31)21-32(23-13-5-2-6-14-23,24-15-7-3-8-16-24)25-17-9-4-10-18-25/h2-21H,1H3,(H2-,29,30,31)/p+1/b22-21+. The van der Waals surface area contributed by atoms with Crippen molar-refractivity contribution in [1.82, 2.24) is 0 Å². The summed E-state index contributed by atoms with van der Waals surface area (Å²) in [6.45, 7) is 2.04. The number of carbonyl (C=O) groups excluding carboxylic acids is 1. The summed E-state index contributed by atoms with van der Waals surface area (Å²) in [5.74, 6) is 1.89. The summed E-state index contributed by atoms with van der Waals surface area (Å²) in [4.78, 5) is 11.9. The Morgan fingerprint density at radius 3 is 1.53 bits per heavy atom. The lowest BCUT2D eigenvalue weighted by Crippen LogP contribution is -2.30. The number of carbonyl (C=O) groups is 1. The van der Waals surface area contributed by atoms with E-state index in [1.54, 1.807) is 6.07 Å². The van der Waals surface area contributed by atoms with Crippen LogP contribution in [0.1, 0.15) is 17.3 Å². The summed E-state index contributed by atoms with van der Waals surface area (Å²) in [7, 11) is -2.13. The number of primary amides is 1. The first kappa shape index (κ1) is 21.5. The molecule has 0 aliphatic heterocycles. The van der Waals surface area contributed by atoms with Gasteiger partial charge < -0.3 is 11.1 Å².